The summed E-state index contributed by atoms with van der Waals surface area (Å²) in [6.07, 6.45) is 10.3. The molecule has 5 fully saturated rings. The molecule has 20 heavy (non-hydrogen) atoms. The second-order valence-corrected chi connectivity index (χ2v) is 7.86. The van der Waals surface area contributed by atoms with E-state index in [1.807, 2.05) is 0 Å². The molecule has 0 saturated carbocycles. The highest BCUT2D eigenvalue weighted by atomic mass is 15.5. The van der Waals surface area contributed by atoms with Crippen LogP contribution in [0.2, 0.25) is 0 Å². The molecule has 2 bridgehead atoms. The SMILES string of the molecule is C=CN1CC2CCC(CC34CC5CCC(CN3)N54)(C1)N2. The number of nitrogens with zero attached hydrogens (tertiary/aromatic N) is 2. The number of fused-ring (bicyclic) bond motifs is 2. The van der Waals surface area contributed by atoms with E-state index in [1.165, 1.54) is 45.1 Å². The molecule has 5 aliphatic heterocycles. The average molecular weight is 274 g/mol. The Morgan fingerprint density at radius 1 is 1.25 bits per heavy atom. The molecule has 5 rings (SSSR count). The summed E-state index contributed by atoms with van der Waals surface area (Å²) in [4.78, 5) is 5.28. The first-order valence-electron chi connectivity index (χ1n) is 8.40. The van der Waals surface area contributed by atoms with Gasteiger partial charge in [-0.05, 0) is 44.7 Å². The molecule has 0 amide bonds. The Morgan fingerprint density at radius 3 is 3.05 bits per heavy atom. The Balaban J connectivity index is 1.40. The van der Waals surface area contributed by atoms with Gasteiger partial charge in [0.1, 0.15) is 0 Å². The van der Waals surface area contributed by atoms with Gasteiger partial charge in [0.25, 0.3) is 0 Å². The van der Waals surface area contributed by atoms with Crippen molar-refractivity contribution in [3.05, 3.63) is 12.8 Å². The molecule has 4 nitrogen and oxygen atoms in total. The average Bonchev–Trinajstić information content (AvgIpc) is 2.99. The molecule has 5 atom stereocenters. The minimum atomic E-state index is 0.326. The van der Waals surface area contributed by atoms with Crippen LogP contribution in [-0.4, -0.2) is 58.8 Å². The summed E-state index contributed by atoms with van der Waals surface area (Å²) < 4.78 is 0. The molecule has 5 heterocycles. The number of hydrogen-bond acceptors (Lipinski definition) is 4. The second kappa shape index (κ2) is 3.79. The molecule has 0 aromatic rings. The first kappa shape index (κ1) is 12.0. The number of nitrogens with one attached hydrogen (secondary N) is 2. The second-order valence-electron chi connectivity index (χ2n) is 7.86. The molecule has 2 N–H and O–H groups in total. The van der Waals surface area contributed by atoms with E-state index < -0.39 is 0 Å². The first-order chi connectivity index (χ1) is 9.72. The highest BCUT2D eigenvalue weighted by molar-refractivity contribution is 5.20. The van der Waals surface area contributed by atoms with Gasteiger partial charge < -0.3 is 10.2 Å². The number of piperazine rings is 1. The fraction of sp³-hybridized carbons (Fsp3) is 0.875. The Hall–Kier alpha value is -0.580. The van der Waals surface area contributed by atoms with Crippen LogP contribution in [-0.2, 0) is 0 Å². The molecular weight excluding hydrogens is 248 g/mol. The van der Waals surface area contributed by atoms with Crippen LogP contribution in [0, 0.1) is 0 Å². The van der Waals surface area contributed by atoms with Crippen molar-refractivity contribution in [1.82, 2.24) is 20.4 Å². The largest absolute Gasteiger partial charge is 0.375 e. The predicted molar refractivity (Wildman–Crippen MR) is 79.3 cm³/mol. The van der Waals surface area contributed by atoms with E-state index in [1.54, 1.807) is 0 Å². The van der Waals surface area contributed by atoms with Gasteiger partial charge in [0.2, 0.25) is 0 Å². The summed E-state index contributed by atoms with van der Waals surface area (Å²) in [6, 6.07) is 2.41. The van der Waals surface area contributed by atoms with Gasteiger partial charge >= 0.3 is 0 Å². The lowest BCUT2D eigenvalue weighted by Crippen LogP contribution is -2.71. The predicted octanol–water partition coefficient (Wildman–Crippen LogP) is 0.863. The summed E-state index contributed by atoms with van der Waals surface area (Å²) in [6.45, 7) is 7.53. The summed E-state index contributed by atoms with van der Waals surface area (Å²) in [5.74, 6) is 0. The maximum absolute atomic E-state index is 4.00. The van der Waals surface area contributed by atoms with E-state index in [0.717, 1.165) is 25.2 Å². The fourth-order valence-electron chi connectivity index (χ4n) is 6.06. The van der Waals surface area contributed by atoms with Crippen LogP contribution >= 0.6 is 0 Å². The monoisotopic (exact) mass is 274 g/mol. The zero-order chi connectivity index (χ0) is 13.4. The Morgan fingerprint density at radius 2 is 2.15 bits per heavy atom. The molecule has 5 saturated heterocycles. The Bertz CT molecular complexity index is 452. The Labute approximate surface area is 121 Å². The van der Waals surface area contributed by atoms with Crippen LogP contribution in [0.1, 0.15) is 38.5 Å². The Kier molecular flexibility index (Phi) is 2.27. The molecule has 0 aliphatic carbocycles. The van der Waals surface area contributed by atoms with Crippen molar-refractivity contribution in [2.75, 3.05) is 19.6 Å². The molecule has 0 aromatic heterocycles. The number of hydrogen-bond donors (Lipinski definition) is 2. The van der Waals surface area contributed by atoms with Crippen LogP contribution in [0.25, 0.3) is 0 Å². The van der Waals surface area contributed by atoms with E-state index in [4.69, 9.17) is 0 Å². The molecule has 4 heteroatoms. The van der Waals surface area contributed by atoms with Crippen LogP contribution in [0.15, 0.2) is 12.8 Å². The van der Waals surface area contributed by atoms with E-state index in [-0.39, 0.29) is 0 Å². The van der Waals surface area contributed by atoms with Crippen molar-refractivity contribution in [3.63, 3.8) is 0 Å². The van der Waals surface area contributed by atoms with Crippen LogP contribution < -0.4 is 10.6 Å². The van der Waals surface area contributed by atoms with Gasteiger partial charge in [-0.25, -0.2) is 0 Å². The molecular formula is C16H26N4. The van der Waals surface area contributed by atoms with Gasteiger partial charge in [-0.3, -0.25) is 10.2 Å². The van der Waals surface area contributed by atoms with Crippen LogP contribution in [0.3, 0.4) is 0 Å². The van der Waals surface area contributed by atoms with E-state index >= 15 is 0 Å². The van der Waals surface area contributed by atoms with Crippen LogP contribution in [0.5, 0.6) is 0 Å². The summed E-state index contributed by atoms with van der Waals surface area (Å²) in [7, 11) is 0. The fourth-order valence-corrected chi connectivity index (χ4v) is 6.06. The van der Waals surface area contributed by atoms with Gasteiger partial charge in [0.05, 0.1) is 5.66 Å². The minimum absolute atomic E-state index is 0.326. The van der Waals surface area contributed by atoms with Crippen molar-refractivity contribution in [2.24, 2.45) is 0 Å². The van der Waals surface area contributed by atoms with Gasteiger partial charge in [0, 0.05) is 43.3 Å². The standard InChI is InChI=1S/C16H26N4/c1-2-19-9-12-5-6-15(11-19,18-12)10-16-7-13-3-4-14(8-17-16)20(13)16/h2,12-14,17-18H,1,3-11H2. The maximum Gasteiger partial charge on any atom is 0.0751 e. The lowest BCUT2D eigenvalue weighted by Gasteiger charge is -2.57. The molecule has 5 unspecified atom stereocenters. The molecule has 0 spiro atoms. The highest BCUT2D eigenvalue weighted by Gasteiger charge is 2.63. The van der Waals surface area contributed by atoms with E-state index in [9.17, 15) is 0 Å². The van der Waals surface area contributed by atoms with E-state index in [0.29, 0.717) is 17.2 Å². The zero-order valence-electron chi connectivity index (χ0n) is 12.3. The third kappa shape index (κ3) is 1.42. The van der Waals surface area contributed by atoms with Crippen molar-refractivity contribution in [2.45, 2.75) is 67.9 Å². The third-order valence-electron chi connectivity index (χ3n) is 6.69. The molecule has 5 aliphatic rings. The molecule has 110 valence electrons. The summed E-state index contributed by atoms with van der Waals surface area (Å²) >= 11 is 0. The lowest BCUT2D eigenvalue weighted by atomic mass is 9.76. The molecule has 0 aromatic carbocycles. The number of rotatable bonds is 3. The van der Waals surface area contributed by atoms with Crippen molar-refractivity contribution < 1.29 is 0 Å². The normalized spacial score (nSPS) is 53.0. The summed E-state index contributed by atoms with van der Waals surface area (Å²) in [5, 5.41) is 7.87. The van der Waals surface area contributed by atoms with Gasteiger partial charge in [-0.2, -0.15) is 0 Å². The molecule has 0 radical (unpaired) electrons. The van der Waals surface area contributed by atoms with Gasteiger partial charge in [0.15, 0.2) is 0 Å². The maximum atomic E-state index is 4.00. The zero-order valence-corrected chi connectivity index (χ0v) is 12.3. The lowest BCUT2D eigenvalue weighted by molar-refractivity contribution is -0.0718. The quantitative estimate of drug-likeness (QED) is 0.799. The van der Waals surface area contributed by atoms with Crippen molar-refractivity contribution in [1.29, 1.82) is 0 Å². The number of likely N-dealkylation sites (tertiary alicyclic amines) is 1. The highest BCUT2D eigenvalue weighted by Crippen LogP contribution is 2.52. The minimum Gasteiger partial charge on any atom is -0.375 e. The first-order valence-corrected chi connectivity index (χ1v) is 8.40. The van der Waals surface area contributed by atoms with Crippen LogP contribution in [0.4, 0.5) is 0 Å². The van der Waals surface area contributed by atoms with Gasteiger partial charge in [-0.1, -0.05) is 6.58 Å². The van der Waals surface area contributed by atoms with Crippen molar-refractivity contribution >= 4 is 0 Å². The van der Waals surface area contributed by atoms with E-state index in [2.05, 4.69) is 33.2 Å². The smallest absolute Gasteiger partial charge is 0.0751 e. The summed E-state index contributed by atoms with van der Waals surface area (Å²) in [5.41, 5.74) is 0.657. The third-order valence-corrected chi connectivity index (χ3v) is 6.69. The topological polar surface area (TPSA) is 30.5 Å². The van der Waals surface area contributed by atoms with Crippen molar-refractivity contribution in [3.8, 4) is 0 Å². The van der Waals surface area contributed by atoms with Gasteiger partial charge in [-0.15, -0.1) is 0 Å².